The van der Waals surface area contributed by atoms with Crippen LogP contribution in [0.4, 0.5) is 0 Å². The summed E-state index contributed by atoms with van der Waals surface area (Å²) in [6.07, 6.45) is 12.4. The molecular weight excluding hydrogens is 328 g/mol. The van der Waals surface area contributed by atoms with Crippen molar-refractivity contribution >= 4 is 21.5 Å². The van der Waals surface area contributed by atoms with Crippen molar-refractivity contribution in [1.82, 2.24) is 0 Å². The summed E-state index contributed by atoms with van der Waals surface area (Å²) in [5, 5.41) is 4.91. The number of hydrogen-bond acceptors (Lipinski definition) is 1. The molecule has 0 spiro atoms. The van der Waals surface area contributed by atoms with E-state index < -0.39 is 0 Å². The van der Waals surface area contributed by atoms with Crippen molar-refractivity contribution in [2.24, 2.45) is 0 Å². The topological polar surface area (TPSA) is 9.23 Å². The first-order valence-electron chi connectivity index (χ1n) is 9.50. The lowest BCUT2D eigenvalue weighted by atomic mass is 9.83. The molecule has 0 amide bonds. The number of rotatable bonds is 2. The van der Waals surface area contributed by atoms with Crippen molar-refractivity contribution in [2.45, 2.75) is 19.3 Å². The Balaban J connectivity index is 1.91. The number of methoxy groups -OCH3 is 1. The quantitative estimate of drug-likeness (QED) is 0.459. The van der Waals surface area contributed by atoms with Crippen molar-refractivity contribution in [3.05, 3.63) is 101 Å². The maximum absolute atomic E-state index is 5.86. The van der Waals surface area contributed by atoms with E-state index in [1.165, 1.54) is 43.8 Å². The van der Waals surface area contributed by atoms with Gasteiger partial charge in [0.15, 0.2) is 0 Å². The average molecular weight is 350 g/mol. The van der Waals surface area contributed by atoms with Crippen molar-refractivity contribution in [3.8, 4) is 5.75 Å². The van der Waals surface area contributed by atoms with Gasteiger partial charge in [0.1, 0.15) is 5.75 Å². The number of benzene rings is 3. The molecule has 0 N–H and O–H groups in total. The fourth-order valence-electron chi connectivity index (χ4n) is 4.64. The van der Waals surface area contributed by atoms with E-state index in [2.05, 4.69) is 85.8 Å². The van der Waals surface area contributed by atoms with E-state index in [0.29, 0.717) is 0 Å². The molecule has 1 atom stereocenters. The highest BCUT2D eigenvalue weighted by atomic mass is 16.5. The zero-order chi connectivity index (χ0) is 18.4. The minimum Gasteiger partial charge on any atom is -0.495 e. The van der Waals surface area contributed by atoms with E-state index in [4.69, 9.17) is 4.74 Å². The lowest BCUT2D eigenvalue weighted by molar-refractivity contribution is 0.424. The van der Waals surface area contributed by atoms with Crippen LogP contribution in [0.5, 0.6) is 5.75 Å². The van der Waals surface area contributed by atoms with Gasteiger partial charge in [0.2, 0.25) is 0 Å². The first kappa shape index (κ1) is 16.1. The lowest BCUT2D eigenvalue weighted by Crippen LogP contribution is -2.02. The van der Waals surface area contributed by atoms with Crippen LogP contribution in [0, 0.1) is 0 Å². The number of ether oxygens (including phenoxy) is 1. The van der Waals surface area contributed by atoms with E-state index in [9.17, 15) is 0 Å². The Morgan fingerprint density at radius 3 is 2.11 bits per heavy atom. The van der Waals surface area contributed by atoms with Gasteiger partial charge >= 0.3 is 0 Å². The molecule has 0 aromatic heterocycles. The van der Waals surface area contributed by atoms with Gasteiger partial charge in [0, 0.05) is 16.7 Å². The Morgan fingerprint density at radius 1 is 0.852 bits per heavy atom. The molecule has 0 aliphatic heterocycles. The van der Waals surface area contributed by atoms with Gasteiger partial charge in [-0.2, -0.15) is 0 Å². The largest absolute Gasteiger partial charge is 0.495 e. The summed E-state index contributed by atoms with van der Waals surface area (Å²) >= 11 is 0. The van der Waals surface area contributed by atoms with Crippen molar-refractivity contribution < 1.29 is 4.74 Å². The predicted molar refractivity (Wildman–Crippen MR) is 114 cm³/mol. The van der Waals surface area contributed by atoms with Gasteiger partial charge < -0.3 is 4.74 Å². The molecule has 1 heteroatoms. The van der Waals surface area contributed by atoms with Gasteiger partial charge in [-0.05, 0) is 40.8 Å². The van der Waals surface area contributed by atoms with Crippen LogP contribution in [0.15, 0.2) is 95.6 Å². The Bertz CT molecular complexity index is 1130. The summed E-state index contributed by atoms with van der Waals surface area (Å²) in [7, 11) is 1.77. The molecule has 0 bridgehead atoms. The fourth-order valence-corrected chi connectivity index (χ4v) is 4.64. The van der Waals surface area contributed by atoms with E-state index in [0.717, 1.165) is 12.2 Å². The SMILES string of the molecule is COc1c2ccccc2c(C2C=CC=CC3=C2C=C(C)C3)c2ccccc12. The third-order valence-corrected chi connectivity index (χ3v) is 5.73. The molecule has 0 fully saturated rings. The molecule has 1 unspecified atom stereocenters. The Kier molecular flexibility index (Phi) is 3.75. The molecule has 1 nitrogen and oxygen atoms in total. The van der Waals surface area contributed by atoms with E-state index in [-0.39, 0.29) is 5.92 Å². The number of hydrogen-bond donors (Lipinski definition) is 0. The minimum absolute atomic E-state index is 0.244. The highest BCUT2D eigenvalue weighted by Gasteiger charge is 2.25. The second kappa shape index (κ2) is 6.28. The van der Waals surface area contributed by atoms with E-state index >= 15 is 0 Å². The lowest BCUT2D eigenvalue weighted by Gasteiger charge is -2.22. The van der Waals surface area contributed by atoms with Crippen LogP contribution in [-0.2, 0) is 0 Å². The molecule has 0 saturated heterocycles. The fraction of sp³-hybridized carbons (Fsp3) is 0.154. The zero-order valence-corrected chi connectivity index (χ0v) is 15.7. The Labute approximate surface area is 160 Å². The second-order valence-electron chi connectivity index (χ2n) is 7.41. The average Bonchev–Trinajstić information content (AvgIpc) is 2.96. The summed E-state index contributed by atoms with van der Waals surface area (Å²) in [4.78, 5) is 0. The maximum atomic E-state index is 5.86. The molecule has 2 aliphatic carbocycles. The Hall–Kier alpha value is -3.06. The summed E-state index contributed by atoms with van der Waals surface area (Å²) in [6.45, 7) is 2.23. The number of fused-ring (bicyclic) bond motifs is 2. The summed E-state index contributed by atoms with van der Waals surface area (Å²) in [6, 6.07) is 17.3. The van der Waals surface area contributed by atoms with Crippen molar-refractivity contribution in [2.75, 3.05) is 7.11 Å². The van der Waals surface area contributed by atoms with Gasteiger partial charge in [-0.15, -0.1) is 0 Å². The minimum atomic E-state index is 0.244. The smallest absolute Gasteiger partial charge is 0.134 e. The highest BCUT2D eigenvalue weighted by molar-refractivity contribution is 6.09. The molecule has 0 heterocycles. The third kappa shape index (κ3) is 2.46. The van der Waals surface area contributed by atoms with Crippen molar-refractivity contribution in [3.63, 3.8) is 0 Å². The summed E-state index contributed by atoms with van der Waals surface area (Å²) in [5.41, 5.74) is 5.68. The van der Waals surface area contributed by atoms with Crippen LogP contribution in [-0.4, -0.2) is 7.11 Å². The first-order valence-corrected chi connectivity index (χ1v) is 9.50. The molecule has 2 aliphatic rings. The van der Waals surface area contributed by atoms with Crippen LogP contribution >= 0.6 is 0 Å². The molecular formula is C26H22O. The molecule has 5 rings (SSSR count). The normalized spacial score (nSPS) is 18.7. The molecule has 3 aromatic rings. The molecule has 3 aromatic carbocycles. The van der Waals surface area contributed by atoms with Crippen molar-refractivity contribution in [1.29, 1.82) is 0 Å². The number of allylic oxidation sites excluding steroid dienone is 8. The second-order valence-corrected chi connectivity index (χ2v) is 7.41. The Morgan fingerprint density at radius 2 is 1.48 bits per heavy atom. The third-order valence-electron chi connectivity index (χ3n) is 5.73. The van der Waals surface area contributed by atoms with Gasteiger partial charge in [-0.3, -0.25) is 0 Å². The van der Waals surface area contributed by atoms with Crippen LogP contribution in [0.2, 0.25) is 0 Å². The monoisotopic (exact) mass is 350 g/mol. The van der Waals surface area contributed by atoms with E-state index in [1.807, 2.05) is 0 Å². The van der Waals surface area contributed by atoms with Crippen LogP contribution in [0.1, 0.15) is 24.8 Å². The maximum Gasteiger partial charge on any atom is 0.134 e. The zero-order valence-electron chi connectivity index (χ0n) is 15.7. The summed E-state index contributed by atoms with van der Waals surface area (Å²) in [5.74, 6) is 1.21. The molecule has 0 radical (unpaired) electrons. The highest BCUT2D eigenvalue weighted by Crippen LogP contribution is 2.46. The summed E-state index contributed by atoms with van der Waals surface area (Å²) < 4.78 is 5.86. The molecule has 27 heavy (non-hydrogen) atoms. The molecule has 0 saturated carbocycles. The molecule has 132 valence electrons. The van der Waals surface area contributed by atoms with E-state index in [1.54, 1.807) is 7.11 Å². The van der Waals surface area contributed by atoms with Crippen LogP contribution < -0.4 is 4.74 Å². The predicted octanol–water partition coefficient (Wildman–Crippen LogP) is 6.86. The van der Waals surface area contributed by atoms with Gasteiger partial charge in [-0.25, -0.2) is 0 Å². The van der Waals surface area contributed by atoms with Gasteiger partial charge in [0.05, 0.1) is 7.11 Å². The van der Waals surface area contributed by atoms with Crippen LogP contribution in [0.3, 0.4) is 0 Å². The van der Waals surface area contributed by atoms with Crippen LogP contribution in [0.25, 0.3) is 21.5 Å². The van der Waals surface area contributed by atoms with Gasteiger partial charge in [-0.1, -0.05) is 84.5 Å². The first-order chi connectivity index (χ1) is 13.3. The van der Waals surface area contributed by atoms with Gasteiger partial charge in [0.25, 0.3) is 0 Å². The standard InChI is InChI=1S/C26H22O/c1-17-15-18-9-3-4-12-21(24(18)16-17)25-19-10-5-7-13-22(19)26(27-2)23-14-8-6-11-20(23)25/h3-14,16,21H,15H2,1-2H3.